The average molecular weight is 392 g/mol. The van der Waals surface area contributed by atoms with E-state index in [0.29, 0.717) is 17.6 Å². The van der Waals surface area contributed by atoms with Gasteiger partial charge in [0.2, 0.25) is 11.7 Å². The maximum atomic E-state index is 13.3. The van der Waals surface area contributed by atoms with Crippen LogP contribution in [0.2, 0.25) is 5.02 Å². The maximum absolute atomic E-state index is 13.3. The highest BCUT2D eigenvalue weighted by Gasteiger charge is 2.50. The minimum absolute atomic E-state index is 0.0572. The topological polar surface area (TPSA) is 86.8 Å². The van der Waals surface area contributed by atoms with Gasteiger partial charge in [0.15, 0.2) is 0 Å². The number of nitrogens with one attached hydrogen (secondary N) is 1. The number of piperidine rings is 1. The summed E-state index contributed by atoms with van der Waals surface area (Å²) in [7, 11) is 0. The molecule has 0 aliphatic carbocycles. The Labute approximate surface area is 158 Å². The van der Waals surface area contributed by atoms with Crippen LogP contribution in [0, 0.1) is 11.7 Å². The first kappa shape index (κ1) is 17.7. The fourth-order valence-electron chi connectivity index (χ4n) is 3.76. The van der Waals surface area contributed by atoms with Gasteiger partial charge in [0.25, 0.3) is 11.8 Å². The third-order valence-electron chi connectivity index (χ3n) is 5.04. The van der Waals surface area contributed by atoms with E-state index in [1.807, 2.05) is 0 Å². The molecule has 3 aliphatic heterocycles. The highest BCUT2D eigenvalue weighted by Crippen LogP contribution is 2.35. The van der Waals surface area contributed by atoms with Crippen molar-refractivity contribution in [3.63, 3.8) is 0 Å². The van der Waals surface area contributed by atoms with Crippen LogP contribution in [-0.4, -0.2) is 52.9 Å². The summed E-state index contributed by atoms with van der Waals surface area (Å²) in [5, 5.41) is 2.59. The van der Waals surface area contributed by atoms with Gasteiger partial charge >= 0.3 is 0 Å². The van der Waals surface area contributed by atoms with E-state index in [2.05, 4.69) is 5.32 Å². The second kappa shape index (κ2) is 6.45. The molecule has 0 spiro atoms. The molecule has 1 aromatic rings. The number of hydrogen-bond acceptors (Lipinski definition) is 4. The van der Waals surface area contributed by atoms with Gasteiger partial charge in [0.1, 0.15) is 17.4 Å². The van der Waals surface area contributed by atoms with Crippen LogP contribution >= 0.6 is 11.6 Å². The van der Waals surface area contributed by atoms with E-state index in [0.717, 1.165) is 0 Å². The minimum atomic E-state index is -1.27. The number of carbonyl (C=O) groups is 4. The van der Waals surface area contributed by atoms with E-state index >= 15 is 0 Å². The molecule has 2 fully saturated rings. The molecule has 1 N–H and O–H groups in total. The summed E-state index contributed by atoms with van der Waals surface area (Å²) >= 11 is 5.78. The van der Waals surface area contributed by atoms with Crippen molar-refractivity contribution in [2.75, 3.05) is 19.6 Å². The summed E-state index contributed by atoms with van der Waals surface area (Å²) in [5.41, 5.74) is 1.14. The van der Waals surface area contributed by atoms with Crippen molar-refractivity contribution in [2.24, 2.45) is 5.92 Å². The van der Waals surface area contributed by atoms with Crippen molar-refractivity contribution in [1.82, 2.24) is 15.1 Å². The molecular formula is C18H15ClFN3O4. The number of fused-ring (bicyclic) bond motifs is 2. The molecule has 0 bridgehead atoms. The molecular weight excluding hydrogens is 377 g/mol. The normalized spacial score (nSPS) is 22.7. The Morgan fingerprint density at radius 2 is 1.96 bits per heavy atom. The largest absolute Gasteiger partial charge is 0.349 e. The first-order chi connectivity index (χ1) is 12.9. The van der Waals surface area contributed by atoms with E-state index in [9.17, 15) is 23.6 Å². The second-order valence-electron chi connectivity index (χ2n) is 6.64. The molecule has 1 aromatic carbocycles. The molecule has 3 aliphatic rings. The van der Waals surface area contributed by atoms with E-state index in [1.54, 1.807) is 0 Å². The Morgan fingerprint density at radius 1 is 1.19 bits per heavy atom. The lowest BCUT2D eigenvalue weighted by Gasteiger charge is -2.41. The van der Waals surface area contributed by atoms with Crippen molar-refractivity contribution in [2.45, 2.75) is 13.0 Å². The van der Waals surface area contributed by atoms with Gasteiger partial charge in [-0.2, -0.15) is 0 Å². The molecule has 2 saturated heterocycles. The fourth-order valence-corrected chi connectivity index (χ4v) is 3.96. The highest BCUT2D eigenvalue weighted by atomic mass is 35.5. The summed E-state index contributed by atoms with van der Waals surface area (Å²) in [6.45, 7) is 0.902. The lowest BCUT2D eigenvalue weighted by Crippen LogP contribution is -2.59. The van der Waals surface area contributed by atoms with Gasteiger partial charge in [-0.3, -0.25) is 24.1 Å². The maximum Gasteiger partial charge on any atom is 0.295 e. The zero-order valence-corrected chi connectivity index (χ0v) is 14.9. The van der Waals surface area contributed by atoms with Crippen molar-refractivity contribution in [3.05, 3.63) is 45.9 Å². The molecule has 7 nitrogen and oxygen atoms in total. The Hall–Kier alpha value is -2.74. The number of ketones is 1. The minimum Gasteiger partial charge on any atom is -0.349 e. The Balaban J connectivity index is 1.66. The van der Waals surface area contributed by atoms with Crippen molar-refractivity contribution >= 4 is 35.1 Å². The summed E-state index contributed by atoms with van der Waals surface area (Å²) < 4.78 is 13.3. The number of carbonyl (C=O) groups excluding carboxylic acids is 4. The van der Waals surface area contributed by atoms with E-state index < -0.39 is 35.2 Å². The van der Waals surface area contributed by atoms with Crippen LogP contribution in [0.4, 0.5) is 4.39 Å². The number of hydrogen-bond donors (Lipinski definition) is 1. The summed E-state index contributed by atoms with van der Waals surface area (Å²) in [4.78, 5) is 52.7. The van der Waals surface area contributed by atoms with Crippen LogP contribution < -0.4 is 5.32 Å². The molecule has 4 rings (SSSR count). The van der Waals surface area contributed by atoms with E-state index in [1.165, 1.54) is 28.0 Å². The number of amides is 3. The van der Waals surface area contributed by atoms with Crippen molar-refractivity contribution in [1.29, 1.82) is 0 Å². The van der Waals surface area contributed by atoms with Gasteiger partial charge in [0, 0.05) is 26.2 Å². The molecule has 0 aromatic heterocycles. The monoisotopic (exact) mass is 391 g/mol. The fraction of sp³-hybridized carbons (Fsp3) is 0.333. The molecule has 3 amide bonds. The first-order valence-corrected chi connectivity index (χ1v) is 8.86. The molecule has 0 radical (unpaired) electrons. The van der Waals surface area contributed by atoms with Gasteiger partial charge in [-0.05, 0) is 29.7 Å². The van der Waals surface area contributed by atoms with Crippen LogP contribution in [0.5, 0.6) is 0 Å². The number of benzene rings is 1. The molecule has 140 valence electrons. The molecule has 3 heterocycles. The highest BCUT2D eigenvalue weighted by molar-refractivity contribution is 6.43. The van der Waals surface area contributed by atoms with Crippen LogP contribution in [0.1, 0.15) is 12.0 Å². The van der Waals surface area contributed by atoms with E-state index in [4.69, 9.17) is 11.6 Å². The first-order valence-electron chi connectivity index (χ1n) is 8.48. The molecule has 0 saturated carbocycles. The number of rotatable bonds is 2. The Bertz CT molecular complexity index is 929. The molecule has 27 heavy (non-hydrogen) atoms. The van der Waals surface area contributed by atoms with Crippen LogP contribution in [0.15, 0.2) is 29.5 Å². The second-order valence-corrected chi connectivity index (χ2v) is 7.05. The quantitative estimate of drug-likeness (QED) is 0.591. The number of piperazine rings is 1. The predicted octanol–water partition coefficient (Wildman–Crippen LogP) is 0.623. The standard InChI is InChI=1S/C18H15ClFN3O4/c19-11-7-9(1-2-12(11)20)8-22-5-3-10-13(17(22)26)15(24)18(27)23-6-4-21-16(25)14(10)23/h1-2,7,13H,3-6,8H2,(H,21,25). The van der Waals surface area contributed by atoms with Crippen molar-refractivity contribution in [3.8, 4) is 0 Å². The number of likely N-dealkylation sites (tertiary alicyclic amines) is 1. The van der Waals surface area contributed by atoms with Crippen LogP contribution in [0.25, 0.3) is 0 Å². The van der Waals surface area contributed by atoms with Crippen molar-refractivity contribution < 1.29 is 23.6 Å². The zero-order chi connectivity index (χ0) is 19.3. The predicted molar refractivity (Wildman–Crippen MR) is 91.7 cm³/mol. The van der Waals surface area contributed by atoms with Gasteiger partial charge < -0.3 is 10.2 Å². The molecule has 1 unspecified atom stereocenters. The number of Topliss-reactive ketones (excluding diaryl/α,β-unsaturated/α-hetero) is 1. The number of halogens is 2. The average Bonchev–Trinajstić information content (AvgIpc) is 2.64. The van der Waals surface area contributed by atoms with Gasteiger partial charge in [-0.1, -0.05) is 17.7 Å². The molecule has 9 heteroatoms. The Kier molecular flexibility index (Phi) is 4.22. The summed E-state index contributed by atoms with van der Waals surface area (Å²) in [6.07, 6.45) is 0.309. The third-order valence-corrected chi connectivity index (χ3v) is 5.33. The zero-order valence-electron chi connectivity index (χ0n) is 14.1. The van der Waals surface area contributed by atoms with Gasteiger partial charge in [-0.25, -0.2) is 4.39 Å². The van der Waals surface area contributed by atoms with Crippen LogP contribution in [-0.2, 0) is 25.7 Å². The lowest BCUT2D eigenvalue weighted by atomic mass is 9.81. The smallest absolute Gasteiger partial charge is 0.295 e. The lowest BCUT2D eigenvalue weighted by molar-refractivity contribution is -0.153. The molecule has 1 atom stereocenters. The van der Waals surface area contributed by atoms with Gasteiger partial charge in [0.05, 0.1) is 5.02 Å². The third kappa shape index (κ3) is 2.80. The van der Waals surface area contributed by atoms with Gasteiger partial charge in [-0.15, -0.1) is 0 Å². The number of nitrogens with zero attached hydrogens (tertiary/aromatic N) is 2. The SMILES string of the molecule is O=C1NCCN2C(=O)C(=O)C3C(=O)N(Cc4ccc(F)c(Cl)c4)CCC3=C12. The van der Waals surface area contributed by atoms with Crippen LogP contribution in [0.3, 0.4) is 0 Å². The van der Waals surface area contributed by atoms with E-state index in [-0.39, 0.29) is 36.9 Å². The Morgan fingerprint density at radius 3 is 2.70 bits per heavy atom. The summed E-state index contributed by atoms with van der Waals surface area (Å²) in [5.74, 6) is -4.43. The summed E-state index contributed by atoms with van der Waals surface area (Å²) in [6, 6.07) is 4.13.